The molecule has 1 aromatic carbocycles. The Morgan fingerprint density at radius 1 is 1.25 bits per heavy atom. The van der Waals surface area contributed by atoms with Gasteiger partial charge in [0.15, 0.2) is 10.6 Å². The van der Waals surface area contributed by atoms with Gasteiger partial charge in [0.1, 0.15) is 23.9 Å². The van der Waals surface area contributed by atoms with E-state index in [1.165, 1.54) is 26.8 Å². The van der Waals surface area contributed by atoms with Crippen LogP contribution in [0.25, 0.3) is 0 Å². The lowest BCUT2D eigenvalue weighted by Crippen LogP contribution is -2.82. The minimum absolute atomic E-state index is 0.0602. The predicted molar refractivity (Wildman–Crippen MR) is 127 cm³/mol. The van der Waals surface area contributed by atoms with Crippen molar-refractivity contribution >= 4 is 29.4 Å². The van der Waals surface area contributed by atoms with E-state index < -0.39 is 46.2 Å². The molecule has 2 atom stereocenters. The van der Waals surface area contributed by atoms with E-state index in [1.807, 2.05) is 13.8 Å². The Bertz CT molecular complexity index is 1090. The number of hydrogen-bond acceptors (Lipinski definition) is 7. The van der Waals surface area contributed by atoms with Gasteiger partial charge in [-0.1, -0.05) is 25.4 Å². The number of carbonyl (C=O) groups excluding carboxylic acids is 3. The minimum atomic E-state index is -1.48. The Kier molecular flexibility index (Phi) is 7.85. The molecule has 0 aliphatic carbocycles. The minimum Gasteiger partial charge on any atom is -0.473 e. The van der Waals surface area contributed by atoms with Gasteiger partial charge < -0.3 is 30.7 Å². The molecule has 4 N–H and O–H groups in total. The molecule has 12 heteroatoms. The molecule has 2 aliphatic heterocycles. The van der Waals surface area contributed by atoms with Gasteiger partial charge in [0, 0.05) is 25.1 Å². The molecule has 1 aromatic rings. The van der Waals surface area contributed by atoms with Gasteiger partial charge >= 0.3 is 5.97 Å². The Morgan fingerprint density at radius 3 is 2.50 bits per heavy atom. The molecule has 0 aromatic heterocycles. The normalized spacial score (nSPS) is 24.3. The Labute approximate surface area is 213 Å². The molecule has 9 nitrogen and oxygen atoms in total. The molecule has 3 rings (SSSR count). The van der Waals surface area contributed by atoms with Crippen LogP contribution in [0.1, 0.15) is 46.6 Å². The van der Waals surface area contributed by atoms with Crippen molar-refractivity contribution in [3.05, 3.63) is 46.3 Å². The summed E-state index contributed by atoms with van der Waals surface area (Å²) in [5, 5.41) is 12.0. The summed E-state index contributed by atoms with van der Waals surface area (Å²) in [7, 11) is 0. The molecule has 1 saturated heterocycles. The van der Waals surface area contributed by atoms with E-state index in [-0.39, 0.29) is 35.5 Å². The molecular formula is C24H31ClF2N4O5. The van der Waals surface area contributed by atoms with Gasteiger partial charge in [0.05, 0.1) is 5.54 Å². The first kappa shape index (κ1) is 27.7. The molecule has 0 saturated carbocycles. The summed E-state index contributed by atoms with van der Waals surface area (Å²) >= 11 is 6.25. The lowest BCUT2D eigenvalue weighted by atomic mass is 9.74. The number of nitrogens with one attached hydrogen (secondary N) is 4. The van der Waals surface area contributed by atoms with Crippen LogP contribution in [0, 0.1) is 17.6 Å². The third-order valence-electron chi connectivity index (χ3n) is 6.48. The zero-order valence-electron chi connectivity index (χ0n) is 20.8. The number of carbonyl (C=O) groups is 3. The fourth-order valence-corrected chi connectivity index (χ4v) is 4.73. The fourth-order valence-electron chi connectivity index (χ4n) is 4.58. The maximum atomic E-state index is 14.2. The van der Waals surface area contributed by atoms with Crippen molar-refractivity contribution in [3.63, 3.8) is 0 Å². The lowest BCUT2D eigenvalue weighted by molar-refractivity contribution is -0.164. The second-order valence-corrected chi connectivity index (χ2v) is 10.2. The fraction of sp³-hybridized carbons (Fsp3) is 0.542. The van der Waals surface area contributed by atoms with E-state index in [0.717, 1.165) is 12.1 Å². The highest BCUT2D eigenvalue weighted by molar-refractivity contribution is 6.42. The van der Waals surface area contributed by atoms with Crippen molar-refractivity contribution < 1.29 is 32.6 Å². The number of amides is 2. The van der Waals surface area contributed by atoms with Crippen LogP contribution in [0.4, 0.5) is 8.78 Å². The van der Waals surface area contributed by atoms with Gasteiger partial charge in [-0.25, -0.2) is 8.78 Å². The second kappa shape index (κ2) is 10.2. The molecule has 36 heavy (non-hydrogen) atoms. The summed E-state index contributed by atoms with van der Waals surface area (Å²) in [5.41, 5.74) is -3.82. The highest BCUT2D eigenvalue weighted by Crippen LogP contribution is 2.38. The predicted octanol–water partition coefficient (Wildman–Crippen LogP) is 2.15. The van der Waals surface area contributed by atoms with Crippen molar-refractivity contribution in [1.82, 2.24) is 21.3 Å². The van der Waals surface area contributed by atoms with Gasteiger partial charge in [0.25, 0.3) is 11.8 Å². The van der Waals surface area contributed by atoms with Crippen molar-refractivity contribution in [2.45, 2.75) is 64.4 Å². The summed E-state index contributed by atoms with van der Waals surface area (Å²) in [6.45, 7) is 8.28. The first-order valence-electron chi connectivity index (χ1n) is 11.5. The maximum Gasteiger partial charge on any atom is 0.303 e. The first-order valence-corrected chi connectivity index (χ1v) is 11.9. The first-order chi connectivity index (χ1) is 16.7. The average Bonchev–Trinajstić information content (AvgIpc) is 3.24. The molecular weight excluding hydrogens is 498 g/mol. The van der Waals surface area contributed by atoms with E-state index in [0.29, 0.717) is 13.0 Å². The molecule has 1 unspecified atom stereocenters. The summed E-state index contributed by atoms with van der Waals surface area (Å²) < 4.78 is 38.3. The summed E-state index contributed by atoms with van der Waals surface area (Å²) in [6, 6.07) is 3.06. The molecule has 198 valence electrons. The van der Waals surface area contributed by atoms with Crippen LogP contribution >= 0.6 is 11.6 Å². The largest absolute Gasteiger partial charge is 0.473 e. The number of esters is 1. The molecule has 2 aliphatic rings. The highest BCUT2D eigenvalue weighted by atomic mass is 35.5. The van der Waals surface area contributed by atoms with E-state index in [2.05, 4.69) is 21.3 Å². The Hall–Kier alpha value is -2.92. The second-order valence-electron chi connectivity index (χ2n) is 9.78. The van der Waals surface area contributed by atoms with Crippen molar-refractivity contribution in [2.24, 2.45) is 5.92 Å². The van der Waals surface area contributed by atoms with Gasteiger partial charge in [-0.2, -0.15) is 0 Å². The van der Waals surface area contributed by atoms with Crippen molar-refractivity contribution in [2.75, 3.05) is 13.1 Å². The third kappa shape index (κ3) is 5.27. The van der Waals surface area contributed by atoms with Gasteiger partial charge in [-0.05, 0) is 44.9 Å². The van der Waals surface area contributed by atoms with Crippen LogP contribution in [0.3, 0.4) is 0 Å². The average molecular weight is 529 g/mol. The van der Waals surface area contributed by atoms with Gasteiger partial charge in [-0.15, -0.1) is 0 Å². The van der Waals surface area contributed by atoms with Crippen molar-refractivity contribution in [1.29, 1.82) is 0 Å². The number of rotatable bonds is 8. The number of benzene rings is 1. The van der Waals surface area contributed by atoms with Crippen LogP contribution in [0.2, 0.25) is 0 Å². The van der Waals surface area contributed by atoms with E-state index in [9.17, 15) is 23.2 Å². The third-order valence-corrected chi connectivity index (χ3v) is 6.83. The van der Waals surface area contributed by atoms with Crippen LogP contribution in [-0.2, 0) is 30.5 Å². The van der Waals surface area contributed by atoms with Crippen LogP contribution in [-0.4, -0.2) is 47.7 Å². The van der Waals surface area contributed by atoms with Crippen LogP contribution in [0.15, 0.2) is 29.1 Å². The SMILES string of the molecule is CC(=O)OC(C)(C)C(=O)N[C@]1(C2(C(C)C)NC(=O)C(Cl)=C(OCc3ccc(F)cc3F)N2)CCNC1. The van der Waals surface area contributed by atoms with Gasteiger partial charge in [0.2, 0.25) is 5.88 Å². The van der Waals surface area contributed by atoms with Crippen LogP contribution in [0.5, 0.6) is 0 Å². The highest BCUT2D eigenvalue weighted by Gasteiger charge is 2.60. The Morgan fingerprint density at radius 2 is 1.94 bits per heavy atom. The Balaban J connectivity index is 1.96. The molecule has 2 amide bonds. The quantitative estimate of drug-likeness (QED) is 0.382. The zero-order chi connectivity index (χ0) is 26.9. The van der Waals surface area contributed by atoms with Crippen LogP contribution < -0.4 is 21.3 Å². The smallest absolute Gasteiger partial charge is 0.303 e. The van der Waals surface area contributed by atoms with E-state index in [4.69, 9.17) is 21.1 Å². The maximum absolute atomic E-state index is 14.2. The summed E-state index contributed by atoms with van der Waals surface area (Å²) in [5.74, 6) is -3.81. The van der Waals surface area contributed by atoms with E-state index >= 15 is 0 Å². The molecule has 2 heterocycles. The zero-order valence-corrected chi connectivity index (χ0v) is 21.6. The standard InChI is InChI=1S/C24H31ClF2N4O5/c1-13(2)24(23(8-9-28-12-23)31-21(34)22(4,5)36-14(3)32)29-19(33)18(25)20(30-24)35-11-15-6-7-16(26)10-17(15)27/h6-7,10,13,28,30H,8-9,11-12H2,1-5H3,(H,29,33)(H,31,34)/t23-,24?/m1/s1. The van der Waals surface area contributed by atoms with E-state index in [1.54, 1.807) is 0 Å². The lowest BCUT2D eigenvalue weighted by Gasteiger charge is -2.54. The summed E-state index contributed by atoms with van der Waals surface area (Å²) in [4.78, 5) is 37.8. The molecule has 0 bridgehead atoms. The topological polar surface area (TPSA) is 118 Å². The van der Waals surface area contributed by atoms with Gasteiger partial charge in [-0.3, -0.25) is 14.4 Å². The summed E-state index contributed by atoms with van der Waals surface area (Å²) in [6.07, 6.45) is 0.401. The number of hydrogen-bond donors (Lipinski definition) is 4. The monoisotopic (exact) mass is 528 g/mol. The molecule has 0 radical (unpaired) electrons. The number of halogens is 3. The molecule has 0 spiro atoms. The van der Waals surface area contributed by atoms with Crippen molar-refractivity contribution in [3.8, 4) is 0 Å². The number of ether oxygens (including phenoxy) is 2. The molecule has 1 fully saturated rings.